The minimum absolute atomic E-state index is 0.0109. The molecule has 16 heavy (non-hydrogen) atoms. The zero-order valence-corrected chi connectivity index (χ0v) is 10.3. The summed E-state index contributed by atoms with van der Waals surface area (Å²) in [5.74, 6) is 0.0109. The number of hydrogen-bond acceptors (Lipinski definition) is 3. The van der Waals surface area contributed by atoms with Gasteiger partial charge >= 0.3 is 0 Å². The lowest BCUT2D eigenvalue weighted by Gasteiger charge is -2.24. The van der Waals surface area contributed by atoms with Gasteiger partial charge in [0.25, 0.3) is 0 Å². The van der Waals surface area contributed by atoms with E-state index in [0.29, 0.717) is 6.54 Å². The molecule has 0 saturated heterocycles. The van der Waals surface area contributed by atoms with Crippen LogP contribution in [0.1, 0.15) is 32.5 Å². The first-order chi connectivity index (χ1) is 7.38. The number of aromatic nitrogens is 2. The first kappa shape index (κ1) is 12.7. The highest BCUT2D eigenvalue weighted by molar-refractivity contribution is 5.81. The Balaban J connectivity index is 2.88. The Labute approximate surface area is 96.0 Å². The van der Waals surface area contributed by atoms with Crippen LogP contribution in [-0.2, 0) is 11.3 Å². The fourth-order valence-corrected chi connectivity index (χ4v) is 1.68. The van der Waals surface area contributed by atoms with Crippen molar-refractivity contribution < 1.29 is 4.79 Å². The van der Waals surface area contributed by atoms with Gasteiger partial charge in [-0.2, -0.15) is 0 Å². The molecule has 1 aromatic rings. The highest BCUT2D eigenvalue weighted by atomic mass is 16.2. The highest BCUT2D eigenvalue weighted by Crippen LogP contribution is 2.20. The van der Waals surface area contributed by atoms with Crippen molar-refractivity contribution in [1.29, 1.82) is 0 Å². The minimum atomic E-state index is -0.473. The summed E-state index contributed by atoms with van der Waals surface area (Å²) < 4.78 is 1.93. The molecule has 0 aliphatic heterocycles. The van der Waals surface area contributed by atoms with E-state index in [1.807, 2.05) is 25.3 Å². The average Bonchev–Trinajstić information content (AvgIpc) is 2.63. The van der Waals surface area contributed by atoms with E-state index in [2.05, 4.69) is 10.3 Å². The Kier molecular flexibility index (Phi) is 3.70. The van der Waals surface area contributed by atoms with Gasteiger partial charge in [0.15, 0.2) is 0 Å². The molecule has 5 heteroatoms. The van der Waals surface area contributed by atoms with Crippen LogP contribution in [0.15, 0.2) is 12.5 Å². The van der Waals surface area contributed by atoms with Crippen LogP contribution in [0, 0.1) is 5.41 Å². The quantitative estimate of drug-likeness (QED) is 0.789. The van der Waals surface area contributed by atoms with Crippen molar-refractivity contribution in [3.8, 4) is 0 Å². The molecule has 0 fully saturated rings. The summed E-state index contributed by atoms with van der Waals surface area (Å²) in [6, 6.07) is -0.0806. The van der Waals surface area contributed by atoms with Crippen LogP contribution in [0.2, 0.25) is 0 Å². The summed E-state index contributed by atoms with van der Waals surface area (Å²) in [4.78, 5) is 15.7. The number of nitrogens with zero attached hydrogens (tertiary/aromatic N) is 2. The third kappa shape index (κ3) is 2.61. The normalized spacial score (nSPS) is 13.6. The maximum absolute atomic E-state index is 11.7. The van der Waals surface area contributed by atoms with Crippen LogP contribution < -0.4 is 11.1 Å². The van der Waals surface area contributed by atoms with Crippen molar-refractivity contribution in [2.75, 3.05) is 7.05 Å². The first-order valence-electron chi connectivity index (χ1n) is 5.36. The maximum atomic E-state index is 11.7. The Morgan fingerprint density at radius 2 is 2.31 bits per heavy atom. The van der Waals surface area contributed by atoms with E-state index in [9.17, 15) is 4.79 Å². The van der Waals surface area contributed by atoms with Gasteiger partial charge in [0.1, 0.15) is 0 Å². The number of carbonyl (C=O) groups is 1. The predicted molar refractivity (Wildman–Crippen MR) is 62.7 cm³/mol. The lowest BCUT2D eigenvalue weighted by Crippen LogP contribution is -2.38. The fraction of sp³-hybridized carbons (Fsp3) is 0.636. The van der Waals surface area contributed by atoms with E-state index < -0.39 is 5.41 Å². The number of nitrogens with one attached hydrogen (secondary N) is 1. The van der Waals surface area contributed by atoms with E-state index in [-0.39, 0.29) is 11.9 Å². The van der Waals surface area contributed by atoms with Gasteiger partial charge in [0.05, 0.1) is 17.4 Å². The Hall–Kier alpha value is -1.36. The number of hydrogen-bond donors (Lipinski definition) is 2. The summed E-state index contributed by atoms with van der Waals surface area (Å²) >= 11 is 0. The standard InChI is InChI=1S/C11H20N4O/c1-8(12)9-5-14-7-15(9)6-11(2,3)10(16)13-4/h5,7-8H,6,12H2,1-4H3,(H,13,16)/t8-/m1/s1. The topological polar surface area (TPSA) is 72.9 Å². The summed E-state index contributed by atoms with van der Waals surface area (Å²) in [6.45, 7) is 6.28. The molecule has 1 aromatic heterocycles. The van der Waals surface area contributed by atoms with E-state index in [1.54, 1.807) is 19.6 Å². The molecule has 1 amide bonds. The van der Waals surface area contributed by atoms with Crippen molar-refractivity contribution in [3.63, 3.8) is 0 Å². The molecular formula is C11H20N4O. The van der Waals surface area contributed by atoms with Crippen molar-refractivity contribution in [3.05, 3.63) is 18.2 Å². The molecule has 1 rings (SSSR count). The molecule has 0 aliphatic carbocycles. The van der Waals surface area contributed by atoms with E-state index in [0.717, 1.165) is 5.69 Å². The van der Waals surface area contributed by atoms with Gasteiger partial charge in [-0.25, -0.2) is 4.98 Å². The second-order valence-electron chi connectivity index (χ2n) is 4.70. The molecule has 0 saturated carbocycles. The summed E-state index contributed by atoms with van der Waals surface area (Å²) in [7, 11) is 1.64. The van der Waals surface area contributed by atoms with Gasteiger partial charge in [-0.15, -0.1) is 0 Å². The summed E-state index contributed by atoms with van der Waals surface area (Å²) in [5.41, 5.74) is 6.29. The van der Waals surface area contributed by atoms with E-state index in [4.69, 9.17) is 5.73 Å². The molecule has 0 bridgehead atoms. The summed E-state index contributed by atoms with van der Waals surface area (Å²) in [5, 5.41) is 2.66. The zero-order valence-electron chi connectivity index (χ0n) is 10.3. The summed E-state index contributed by atoms with van der Waals surface area (Å²) in [6.07, 6.45) is 3.45. The second kappa shape index (κ2) is 4.65. The molecule has 5 nitrogen and oxygen atoms in total. The SMILES string of the molecule is CNC(=O)C(C)(C)Cn1cncc1[C@@H](C)N. The van der Waals surface area contributed by atoms with Gasteiger partial charge in [-0.05, 0) is 20.8 Å². The van der Waals surface area contributed by atoms with Crippen molar-refractivity contribution in [1.82, 2.24) is 14.9 Å². The largest absolute Gasteiger partial charge is 0.359 e. The lowest BCUT2D eigenvalue weighted by atomic mass is 9.92. The predicted octanol–water partition coefficient (Wildman–Crippen LogP) is 0.675. The molecule has 0 radical (unpaired) electrons. The third-order valence-electron chi connectivity index (χ3n) is 2.62. The monoisotopic (exact) mass is 224 g/mol. The Bertz CT molecular complexity index is 368. The Morgan fingerprint density at radius 1 is 1.69 bits per heavy atom. The van der Waals surface area contributed by atoms with Gasteiger partial charge in [-0.3, -0.25) is 4.79 Å². The average molecular weight is 224 g/mol. The second-order valence-corrected chi connectivity index (χ2v) is 4.70. The molecule has 90 valence electrons. The lowest BCUT2D eigenvalue weighted by molar-refractivity contribution is -0.129. The van der Waals surface area contributed by atoms with Crippen molar-refractivity contribution >= 4 is 5.91 Å². The third-order valence-corrected chi connectivity index (χ3v) is 2.62. The van der Waals surface area contributed by atoms with Gasteiger partial charge in [0, 0.05) is 25.8 Å². The minimum Gasteiger partial charge on any atom is -0.359 e. The smallest absolute Gasteiger partial charge is 0.227 e. The van der Waals surface area contributed by atoms with Gasteiger partial charge < -0.3 is 15.6 Å². The molecule has 0 aliphatic rings. The van der Waals surface area contributed by atoms with Crippen LogP contribution in [0.5, 0.6) is 0 Å². The first-order valence-corrected chi connectivity index (χ1v) is 5.36. The van der Waals surface area contributed by atoms with Gasteiger partial charge in [0.2, 0.25) is 5.91 Å². The van der Waals surface area contributed by atoms with Crippen molar-refractivity contribution in [2.24, 2.45) is 11.1 Å². The maximum Gasteiger partial charge on any atom is 0.227 e. The van der Waals surface area contributed by atoms with E-state index in [1.165, 1.54) is 0 Å². The Morgan fingerprint density at radius 3 is 2.81 bits per heavy atom. The van der Waals surface area contributed by atoms with Crippen LogP contribution >= 0.6 is 0 Å². The number of nitrogens with two attached hydrogens (primary N) is 1. The van der Waals surface area contributed by atoms with Crippen LogP contribution in [0.25, 0.3) is 0 Å². The van der Waals surface area contributed by atoms with Crippen LogP contribution in [-0.4, -0.2) is 22.5 Å². The zero-order chi connectivity index (χ0) is 12.3. The highest BCUT2D eigenvalue weighted by Gasteiger charge is 2.28. The van der Waals surface area contributed by atoms with E-state index >= 15 is 0 Å². The van der Waals surface area contributed by atoms with Crippen molar-refractivity contribution in [2.45, 2.75) is 33.4 Å². The number of rotatable bonds is 4. The molecule has 0 spiro atoms. The van der Waals surface area contributed by atoms with Gasteiger partial charge in [-0.1, -0.05) is 0 Å². The number of amides is 1. The van der Waals surface area contributed by atoms with Crippen LogP contribution in [0.4, 0.5) is 0 Å². The number of imidazole rings is 1. The molecule has 0 unspecified atom stereocenters. The number of carbonyl (C=O) groups excluding carboxylic acids is 1. The molecule has 0 aromatic carbocycles. The molecule has 1 atom stereocenters. The molecular weight excluding hydrogens is 204 g/mol. The molecule has 3 N–H and O–H groups in total. The fourth-order valence-electron chi connectivity index (χ4n) is 1.68. The van der Waals surface area contributed by atoms with Crippen LogP contribution in [0.3, 0.4) is 0 Å². The molecule has 1 heterocycles.